The van der Waals surface area contributed by atoms with E-state index in [1.807, 2.05) is 24.3 Å². The van der Waals surface area contributed by atoms with E-state index in [0.29, 0.717) is 6.54 Å². The van der Waals surface area contributed by atoms with Crippen LogP contribution >= 0.6 is 0 Å². The first-order valence-corrected chi connectivity index (χ1v) is 2.59. The molecule has 42 valence electrons. The van der Waals surface area contributed by atoms with E-state index in [2.05, 4.69) is 6.07 Å². The minimum absolute atomic E-state index is 0. The Balaban J connectivity index is 0.000000640. The Bertz CT molecular complexity index is 150. The van der Waals surface area contributed by atoms with Crippen molar-refractivity contribution in [1.82, 2.24) is 0 Å². The summed E-state index contributed by atoms with van der Waals surface area (Å²) < 4.78 is 0. The van der Waals surface area contributed by atoms with E-state index in [1.54, 1.807) is 0 Å². The SMILES string of the molecule is NCc1[c-]cccc1.[Y+3]. The molecule has 0 aliphatic rings. The van der Waals surface area contributed by atoms with Gasteiger partial charge >= 0.3 is 32.7 Å². The van der Waals surface area contributed by atoms with Gasteiger partial charge in [0.25, 0.3) is 0 Å². The molecule has 0 bridgehead atoms. The molecule has 1 aromatic carbocycles. The molecule has 2 heteroatoms. The van der Waals surface area contributed by atoms with Crippen LogP contribution in [0.15, 0.2) is 24.3 Å². The molecule has 0 heterocycles. The number of hydrogen-bond acceptors (Lipinski definition) is 1. The van der Waals surface area contributed by atoms with E-state index in [9.17, 15) is 0 Å². The Morgan fingerprint density at radius 2 is 2.22 bits per heavy atom. The Hall–Kier alpha value is 0.284. The minimum Gasteiger partial charge on any atom is -0.328 e. The maximum Gasteiger partial charge on any atom is 3.00 e. The first-order valence-electron chi connectivity index (χ1n) is 2.59. The molecule has 9 heavy (non-hydrogen) atoms. The molecule has 0 fully saturated rings. The van der Waals surface area contributed by atoms with E-state index in [4.69, 9.17) is 5.73 Å². The van der Waals surface area contributed by atoms with Crippen molar-refractivity contribution in [3.8, 4) is 0 Å². The maximum absolute atomic E-state index is 5.32. The van der Waals surface area contributed by atoms with Crippen LogP contribution in [0, 0.1) is 6.07 Å². The summed E-state index contributed by atoms with van der Waals surface area (Å²) in [6.45, 7) is 0.584. The maximum atomic E-state index is 5.32. The van der Waals surface area contributed by atoms with Crippen LogP contribution in [0.25, 0.3) is 0 Å². The third kappa shape index (κ3) is 3.09. The second-order valence-electron chi connectivity index (χ2n) is 1.59. The zero-order valence-corrected chi connectivity index (χ0v) is 8.01. The van der Waals surface area contributed by atoms with Gasteiger partial charge in [0.1, 0.15) is 0 Å². The number of benzene rings is 1. The Morgan fingerprint density at radius 3 is 2.56 bits per heavy atom. The topological polar surface area (TPSA) is 26.0 Å². The third-order valence-electron chi connectivity index (χ3n) is 0.993. The Labute approximate surface area is 80.5 Å². The molecule has 1 aromatic rings. The van der Waals surface area contributed by atoms with Crippen LogP contribution in [-0.4, -0.2) is 0 Å². The van der Waals surface area contributed by atoms with Gasteiger partial charge in [0.15, 0.2) is 0 Å². The van der Waals surface area contributed by atoms with Crippen LogP contribution in [0.4, 0.5) is 0 Å². The molecule has 0 aliphatic carbocycles. The van der Waals surface area contributed by atoms with Crippen molar-refractivity contribution in [3.63, 3.8) is 0 Å². The minimum atomic E-state index is 0. The van der Waals surface area contributed by atoms with Gasteiger partial charge in [0.2, 0.25) is 0 Å². The van der Waals surface area contributed by atoms with Crippen molar-refractivity contribution in [2.24, 2.45) is 5.73 Å². The predicted molar refractivity (Wildman–Crippen MR) is 33.2 cm³/mol. The van der Waals surface area contributed by atoms with Crippen LogP contribution in [0.3, 0.4) is 0 Å². The Morgan fingerprint density at radius 1 is 1.44 bits per heavy atom. The fourth-order valence-electron chi connectivity index (χ4n) is 0.557. The summed E-state index contributed by atoms with van der Waals surface area (Å²) in [4.78, 5) is 0. The van der Waals surface area contributed by atoms with Crippen molar-refractivity contribution in [3.05, 3.63) is 35.9 Å². The van der Waals surface area contributed by atoms with Gasteiger partial charge in [0.05, 0.1) is 0 Å². The monoisotopic (exact) mass is 195 g/mol. The predicted octanol–water partition coefficient (Wildman–Crippen LogP) is 0.943. The molecule has 0 aromatic heterocycles. The van der Waals surface area contributed by atoms with Crippen molar-refractivity contribution in [2.45, 2.75) is 6.54 Å². The van der Waals surface area contributed by atoms with Gasteiger partial charge in [-0.15, -0.1) is 5.56 Å². The first kappa shape index (κ1) is 9.28. The fourth-order valence-corrected chi connectivity index (χ4v) is 0.557. The van der Waals surface area contributed by atoms with Crippen molar-refractivity contribution in [2.75, 3.05) is 0 Å². The summed E-state index contributed by atoms with van der Waals surface area (Å²) in [5, 5.41) is 0. The molecular formula is C7H8NY+2. The van der Waals surface area contributed by atoms with E-state index in [0.717, 1.165) is 5.56 Å². The molecule has 2 N–H and O–H groups in total. The summed E-state index contributed by atoms with van der Waals surface area (Å²) >= 11 is 0. The Kier molecular flexibility index (Phi) is 5.26. The first-order chi connectivity index (χ1) is 3.93. The zero-order chi connectivity index (χ0) is 5.82. The van der Waals surface area contributed by atoms with Gasteiger partial charge < -0.3 is 5.73 Å². The molecule has 1 rings (SSSR count). The average Bonchev–Trinajstić information content (AvgIpc) is 1.90. The van der Waals surface area contributed by atoms with Gasteiger partial charge in [-0.1, -0.05) is 0 Å². The van der Waals surface area contributed by atoms with E-state index < -0.39 is 0 Å². The van der Waals surface area contributed by atoms with E-state index in [1.165, 1.54) is 0 Å². The number of nitrogens with two attached hydrogens (primary N) is 1. The van der Waals surface area contributed by atoms with Gasteiger partial charge in [-0.05, 0) is 6.54 Å². The summed E-state index contributed by atoms with van der Waals surface area (Å²) in [5.74, 6) is 0. The molecule has 0 aliphatic heterocycles. The van der Waals surface area contributed by atoms with Gasteiger partial charge in [-0.3, -0.25) is 0 Å². The van der Waals surface area contributed by atoms with Gasteiger partial charge in [-0.2, -0.15) is 30.3 Å². The fraction of sp³-hybridized carbons (Fsp3) is 0.143. The molecule has 0 unspecified atom stereocenters. The normalized spacial score (nSPS) is 8.11. The van der Waals surface area contributed by atoms with Crippen molar-refractivity contribution >= 4 is 0 Å². The smallest absolute Gasteiger partial charge is 0.328 e. The number of rotatable bonds is 1. The summed E-state index contributed by atoms with van der Waals surface area (Å²) in [5.41, 5.74) is 6.38. The molecule has 0 radical (unpaired) electrons. The van der Waals surface area contributed by atoms with E-state index in [-0.39, 0.29) is 32.7 Å². The van der Waals surface area contributed by atoms with Crippen LogP contribution < -0.4 is 5.73 Å². The third-order valence-corrected chi connectivity index (χ3v) is 0.993. The van der Waals surface area contributed by atoms with Crippen molar-refractivity contribution < 1.29 is 32.7 Å². The average molecular weight is 195 g/mol. The summed E-state index contributed by atoms with van der Waals surface area (Å²) in [6.07, 6.45) is 0. The zero-order valence-electron chi connectivity index (χ0n) is 5.17. The summed E-state index contributed by atoms with van der Waals surface area (Å²) in [6, 6.07) is 10.7. The molecule has 0 saturated heterocycles. The molecule has 0 saturated carbocycles. The molecule has 1 nitrogen and oxygen atoms in total. The van der Waals surface area contributed by atoms with Crippen molar-refractivity contribution in [1.29, 1.82) is 0 Å². The summed E-state index contributed by atoms with van der Waals surface area (Å²) in [7, 11) is 0. The van der Waals surface area contributed by atoms with Gasteiger partial charge in [0, 0.05) is 0 Å². The van der Waals surface area contributed by atoms with Crippen LogP contribution in [-0.2, 0) is 39.3 Å². The van der Waals surface area contributed by atoms with Crippen LogP contribution in [0.5, 0.6) is 0 Å². The van der Waals surface area contributed by atoms with E-state index >= 15 is 0 Å². The quantitative estimate of drug-likeness (QED) is 0.663. The molecule has 0 amide bonds. The molecular weight excluding hydrogens is 187 g/mol. The van der Waals surface area contributed by atoms with Crippen LogP contribution in [0.1, 0.15) is 5.56 Å². The van der Waals surface area contributed by atoms with Gasteiger partial charge in [-0.25, -0.2) is 0 Å². The largest absolute Gasteiger partial charge is 3.00 e. The number of hydrogen-bond donors (Lipinski definition) is 1. The van der Waals surface area contributed by atoms with Crippen LogP contribution in [0.2, 0.25) is 0 Å². The second-order valence-corrected chi connectivity index (χ2v) is 1.59. The second kappa shape index (κ2) is 5.10. The molecule has 0 spiro atoms. The molecule has 0 atom stereocenters. The standard InChI is InChI=1S/C7H8N.Y/c8-6-7-4-2-1-3-5-7;/h1-4H,6,8H2;/q-1;+3.